The van der Waals surface area contributed by atoms with Gasteiger partial charge in [-0.05, 0) is 5.56 Å². The van der Waals surface area contributed by atoms with E-state index in [1.165, 1.54) is 0 Å². The van der Waals surface area contributed by atoms with E-state index in [1.54, 1.807) is 0 Å². The minimum Gasteiger partial charge on any atom is -0.482 e. The molecule has 0 aliphatic carbocycles. The van der Waals surface area contributed by atoms with E-state index in [1.807, 2.05) is 30.3 Å². The van der Waals surface area contributed by atoms with Crippen LogP contribution < -0.4 is 10.2 Å². The number of hydrogen-bond acceptors (Lipinski definition) is 3. The van der Waals surface area contributed by atoms with Gasteiger partial charge in [0.2, 0.25) is 11.2 Å². The van der Waals surface area contributed by atoms with Gasteiger partial charge in [-0.3, -0.25) is 4.79 Å². The van der Waals surface area contributed by atoms with Gasteiger partial charge in [0.1, 0.15) is 6.61 Å². The number of benzene rings is 1. The van der Waals surface area contributed by atoms with Crippen molar-refractivity contribution in [2.45, 2.75) is 18.9 Å². The maximum Gasteiger partial charge on any atom is 0.295 e. The van der Waals surface area contributed by atoms with Gasteiger partial charge in [-0.25, -0.2) is 8.78 Å². The lowest BCUT2D eigenvalue weighted by molar-refractivity contribution is 0.115. The first-order valence-corrected chi connectivity index (χ1v) is 6.33. The lowest BCUT2D eigenvalue weighted by Crippen LogP contribution is -2.11. The van der Waals surface area contributed by atoms with E-state index in [0.29, 0.717) is 0 Å². The molecule has 1 heterocycles. The Morgan fingerprint density at radius 3 is 2.55 bits per heavy atom. The molecule has 0 saturated heterocycles. The molecular formula is C14H11ClF2O3. The minimum absolute atomic E-state index is 0.0922. The van der Waals surface area contributed by atoms with Gasteiger partial charge in [0.25, 0.3) is 6.43 Å². The molecule has 2 rings (SSSR count). The normalized spacial score (nSPS) is 10.8. The van der Waals surface area contributed by atoms with Crippen LogP contribution in [0.3, 0.4) is 0 Å². The SMILES string of the molecule is O=c1cc(C(F)F)oc(CCl)c1OCc1ccccc1. The summed E-state index contributed by atoms with van der Waals surface area (Å²) in [6, 6.07) is 9.85. The lowest BCUT2D eigenvalue weighted by atomic mass is 10.2. The van der Waals surface area contributed by atoms with Crippen molar-refractivity contribution >= 4 is 11.6 Å². The van der Waals surface area contributed by atoms with Gasteiger partial charge in [-0.2, -0.15) is 0 Å². The summed E-state index contributed by atoms with van der Waals surface area (Å²) < 4.78 is 35.3. The summed E-state index contributed by atoms with van der Waals surface area (Å²) in [6.45, 7) is 0.128. The average Bonchev–Trinajstić information content (AvgIpc) is 2.46. The van der Waals surface area contributed by atoms with E-state index < -0.39 is 17.6 Å². The Balaban J connectivity index is 2.25. The van der Waals surface area contributed by atoms with Crippen LogP contribution in [-0.4, -0.2) is 0 Å². The second-order valence-corrected chi connectivity index (χ2v) is 4.24. The molecule has 106 valence electrons. The Hall–Kier alpha value is -1.88. The number of alkyl halides is 3. The van der Waals surface area contributed by atoms with Crippen LogP contribution in [0.2, 0.25) is 0 Å². The van der Waals surface area contributed by atoms with Crippen molar-refractivity contribution in [2.24, 2.45) is 0 Å². The molecule has 0 aliphatic rings. The van der Waals surface area contributed by atoms with Crippen molar-refractivity contribution in [2.75, 3.05) is 0 Å². The van der Waals surface area contributed by atoms with Crippen LogP contribution in [-0.2, 0) is 12.5 Å². The van der Waals surface area contributed by atoms with Gasteiger partial charge in [-0.1, -0.05) is 30.3 Å². The number of hydrogen-bond donors (Lipinski definition) is 0. The molecule has 6 heteroatoms. The first-order valence-electron chi connectivity index (χ1n) is 5.79. The standard InChI is InChI=1S/C14H11ClF2O3/c15-7-12-13(10(18)6-11(20-12)14(16)17)19-8-9-4-2-1-3-5-9/h1-6,14H,7-8H2. The van der Waals surface area contributed by atoms with Gasteiger partial charge in [0.05, 0.1) is 5.88 Å². The van der Waals surface area contributed by atoms with Crippen LogP contribution in [0, 0.1) is 0 Å². The molecule has 0 N–H and O–H groups in total. The van der Waals surface area contributed by atoms with Gasteiger partial charge in [0.15, 0.2) is 11.5 Å². The topological polar surface area (TPSA) is 39.4 Å². The van der Waals surface area contributed by atoms with Crippen LogP contribution in [0.5, 0.6) is 5.75 Å². The second-order valence-electron chi connectivity index (χ2n) is 3.97. The van der Waals surface area contributed by atoms with E-state index in [4.69, 9.17) is 20.8 Å². The van der Waals surface area contributed by atoms with Gasteiger partial charge >= 0.3 is 0 Å². The van der Waals surface area contributed by atoms with E-state index in [-0.39, 0.29) is 24.0 Å². The summed E-state index contributed by atoms with van der Waals surface area (Å²) in [5.41, 5.74) is 0.170. The second kappa shape index (κ2) is 6.52. The molecule has 0 saturated carbocycles. The zero-order chi connectivity index (χ0) is 14.5. The molecule has 0 amide bonds. The van der Waals surface area contributed by atoms with Crippen LogP contribution in [0.15, 0.2) is 45.6 Å². The highest BCUT2D eigenvalue weighted by molar-refractivity contribution is 6.17. The van der Waals surface area contributed by atoms with Crippen molar-refractivity contribution in [3.8, 4) is 5.75 Å². The summed E-state index contributed by atoms with van der Waals surface area (Å²) in [7, 11) is 0. The molecule has 0 atom stereocenters. The number of halogens is 3. The molecule has 3 nitrogen and oxygen atoms in total. The molecule has 0 aliphatic heterocycles. The Kier molecular flexibility index (Phi) is 4.74. The highest BCUT2D eigenvalue weighted by Gasteiger charge is 2.18. The zero-order valence-corrected chi connectivity index (χ0v) is 11.1. The van der Waals surface area contributed by atoms with Crippen molar-refractivity contribution in [1.82, 2.24) is 0 Å². The summed E-state index contributed by atoms with van der Waals surface area (Å²) in [4.78, 5) is 11.8. The lowest BCUT2D eigenvalue weighted by Gasteiger charge is -2.09. The third kappa shape index (κ3) is 3.36. The Morgan fingerprint density at radius 2 is 1.95 bits per heavy atom. The van der Waals surface area contributed by atoms with Crippen molar-refractivity contribution in [3.63, 3.8) is 0 Å². The maximum atomic E-state index is 12.5. The summed E-state index contributed by atoms with van der Waals surface area (Å²) in [5, 5.41) is 0. The van der Waals surface area contributed by atoms with Crippen molar-refractivity contribution < 1.29 is 17.9 Å². The highest BCUT2D eigenvalue weighted by atomic mass is 35.5. The summed E-state index contributed by atoms with van der Waals surface area (Å²) >= 11 is 5.60. The van der Waals surface area contributed by atoms with E-state index >= 15 is 0 Å². The van der Waals surface area contributed by atoms with Gasteiger partial charge in [0, 0.05) is 6.07 Å². The molecular weight excluding hydrogens is 290 g/mol. The first-order chi connectivity index (χ1) is 9.61. The van der Waals surface area contributed by atoms with Crippen LogP contribution in [0.25, 0.3) is 0 Å². The largest absolute Gasteiger partial charge is 0.482 e. The average molecular weight is 301 g/mol. The Labute approximate surface area is 118 Å². The maximum absolute atomic E-state index is 12.5. The fraction of sp³-hybridized carbons (Fsp3) is 0.214. The van der Waals surface area contributed by atoms with Crippen molar-refractivity contribution in [1.29, 1.82) is 0 Å². The fourth-order valence-electron chi connectivity index (χ4n) is 1.63. The predicted molar refractivity (Wildman–Crippen MR) is 70.3 cm³/mol. The number of ether oxygens (including phenoxy) is 1. The molecule has 1 aromatic heterocycles. The van der Waals surface area contributed by atoms with Crippen LogP contribution in [0.4, 0.5) is 8.78 Å². The fourth-order valence-corrected chi connectivity index (χ4v) is 1.80. The molecule has 0 spiro atoms. The first kappa shape index (κ1) is 14.5. The monoisotopic (exact) mass is 300 g/mol. The molecule has 1 aromatic carbocycles. The molecule has 2 aromatic rings. The Morgan fingerprint density at radius 1 is 1.25 bits per heavy atom. The Bertz CT molecular complexity index is 626. The summed E-state index contributed by atoms with van der Waals surface area (Å²) in [5.74, 6) is -1.16. The quantitative estimate of drug-likeness (QED) is 0.786. The molecule has 20 heavy (non-hydrogen) atoms. The van der Waals surface area contributed by atoms with Gasteiger partial charge in [-0.15, -0.1) is 11.6 Å². The van der Waals surface area contributed by atoms with Gasteiger partial charge < -0.3 is 9.15 Å². The van der Waals surface area contributed by atoms with E-state index in [9.17, 15) is 13.6 Å². The predicted octanol–water partition coefficient (Wildman–Crippen LogP) is 3.90. The van der Waals surface area contributed by atoms with Crippen molar-refractivity contribution in [3.05, 3.63) is 63.7 Å². The van der Waals surface area contributed by atoms with Crippen LogP contribution >= 0.6 is 11.6 Å². The summed E-state index contributed by atoms with van der Waals surface area (Å²) in [6.07, 6.45) is -2.87. The molecule has 0 radical (unpaired) electrons. The molecule has 0 unspecified atom stereocenters. The van der Waals surface area contributed by atoms with Crippen LogP contribution in [0.1, 0.15) is 23.5 Å². The van der Waals surface area contributed by atoms with E-state index in [0.717, 1.165) is 11.6 Å². The third-order valence-electron chi connectivity index (χ3n) is 2.55. The van der Waals surface area contributed by atoms with E-state index in [2.05, 4.69) is 0 Å². The molecule has 0 bridgehead atoms. The minimum atomic E-state index is -2.87. The smallest absolute Gasteiger partial charge is 0.295 e. The highest BCUT2D eigenvalue weighted by Crippen LogP contribution is 2.24. The third-order valence-corrected chi connectivity index (χ3v) is 2.80. The molecule has 0 fully saturated rings. The number of rotatable bonds is 5. The zero-order valence-electron chi connectivity index (χ0n) is 10.3.